The molecule has 384 valence electrons. The molecule has 0 bridgehead atoms. The van der Waals surface area contributed by atoms with E-state index >= 15 is 0 Å². The summed E-state index contributed by atoms with van der Waals surface area (Å²) < 4.78 is 77.7. The summed E-state index contributed by atoms with van der Waals surface area (Å²) in [5.74, 6) is -0.548. The number of carbonyl (C=O) groups excluding carboxylic acids is 4. The van der Waals surface area contributed by atoms with Gasteiger partial charge in [-0.3, -0.25) is 27.8 Å². The molecule has 20 nitrogen and oxygen atoms in total. The van der Waals surface area contributed by atoms with Crippen LogP contribution in [0.25, 0.3) is 0 Å². The van der Waals surface area contributed by atoms with E-state index in [2.05, 4.69) is 0 Å². The number of unbranched alkanes of at least 4 members (excludes halogenated alkanes) is 2. The Hall–Kier alpha value is -5.98. The van der Waals surface area contributed by atoms with E-state index in [1.807, 2.05) is 0 Å². The van der Waals surface area contributed by atoms with Gasteiger partial charge in [-0.1, -0.05) is 36.4 Å². The van der Waals surface area contributed by atoms with Gasteiger partial charge < -0.3 is 48.4 Å². The molecule has 4 heterocycles. The molecule has 0 aliphatic carbocycles. The Morgan fingerprint density at radius 2 is 0.958 bits per heavy atom. The van der Waals surface area contributed by atoms with Crippen LogP contribution in [0, 0.1) is 0 Å². The Morgan fingerprint density at radius 3 is 1.34 bits per heavy atom. The van der Waals surface area contributed by atoms with Gasteiger partial charge in [-0.05, 0) is 81.3 Å². The second-order valence-electron chi connectivity index (χ2n) is 17.4. The molecule has 0 radical (unpaired) electrons. The van der Waals surface area contributed by atoms with Crippen molar-refractivity contribution < 1.29 is 76.0 Å². The normalized spacial score (nSPS) is 20.2. The zero-order valence-corrected chi connectivity index (χ0v) is 41.0. The van der Waals surface area contributed by atoms with Crippen molar-refractivity contribution in [1.29, 1.82) is 0 Å². The highest BCUT2D eigenvalue weighted by Gasteiger charge is 2.47. The SMILES string of the molecule is COc1cc2c(cc1OCCCCCOc1cc3c(cc1OC)C(=O)N1CCC[C@H]1[C@H](O)N3C(=O)OCCS(O)(O)c1ccccc1)N(C(=O)OCCS(O)(O)c1ccccc1)[C@@H](O)[C@@H]1CCCN1C2=O. The summed E-state index contributed by atoms with van der Waals surface area (Å²) in [6.45, 7) is 0.302. The van der Waals surface area contributed by atoms with Gasteiger partial charge in [0, 0.05) is 25.2 Å². The van der Waals surface area contributed by atoms with Crippen molar-refractivity contribution >= 4 is 56.6 Å². The molecule has 6 N–H and O–H groups in total. The molecule has 8 rings (SSSR count). The number of hydrogen-bond donors (Lipinski definition) is 6. The van der Waals surface area contributed by atoms with Crippen LogP contribution in [0.3, 0.4) is 0 Å². The third-order valence-electron chi connectivity index (χ3n) is 13.0. The lowest BCUT2D eigenvalue weighted by Gasteiger charge is -2.34. The number of fused-ring (bicyclic) bond motifs is 4. The van der Waals surface area contributed by atoms with Crippen molar-refractivity contribution in [1.82, 2.24) is 9.80 Å². The highest BCUT2D eigenvalue weighted by Crippen LogP contribution is 2.49. The second kappa shape index (κ2) is 22.2. The number of hydrogen-bond acceptors (Lipinski definition) is 16. The summed E-state index contributed by atoms with van der Waals surface area (Å²) in [6.07, 6.45) is -1.23. The first kappa shape index (κ1) is 51.4. The lowest BCUT2D eigenvalue weighted by molar-refractivity contribution is 0.0492. The molecule has 0 saturated carbocycles. The quantitative estimate of drug-likeness (QED) is 0.0522. The molecule has 0 aromatic heterocycles. The van der Waals surface area contributed by atoms with E-state index in [9.17, 15) is 47.6 Å². The highest BCUT2D eigenvalue weighted by molar-refractivity contribution is 8.24. The monoisotopic (exact) mass is 1020 g/mol. The maximum Gasteiger partial charge on any atom is 0.416 e. The summed E-state index contributed by atoms with van der Waals surface area (Å²) in [5.41, 5.74) is 0.260. The van der Waals surface area contributed by atoms with Gasteiger partial charge in [0.05, 0.1) is 83.3 Å². The van der Waals surface area contributed by atoms with Gasteiger partial charge in [0.15, 0.2) is 35.5 Å². The number of rotatable bonds is 18. The molecule has 4 aromatic carbocycles. The minimum Gasteiger partial charge on any atom is -0.493 e. The van der Waals surface area contributed by atoms with Crippen molar-refractivity contribution in [3.05, 3.63) is 96.1 Å². The number of carbonyl (C=O) groups is 4. The van der Waals surface area contributed by atoms with Crippen LogP contribution in [0.5, 0.6) is 23.0 Å². The van der Waals surface area contributed by atoms with E-state index in [0.717, 1.165) is 9.80 Å². The van der Waals surface area contributed by atoms with Crippen LogP contribution in [0.15, 0.2) is 94.7 Å². The minimum atomic E-state index is -3.29. The largest absolute Gasteiger partial charge is 0.493 e. The lowest BCUT2D eigenvalue weighted by Crippen LogP contribution is -2.51. The third kappa shape index (κ3) is 10.9. The summed E-state index contributed by atoms with van der Waals surface area (Å²) in [7, 11) is -3.75. The van der Waals surface area contributed by atoms with Crippen LogP contribution in [-0.2, 0) is 9.47 Å². The number of ether oxygens (including phenoxy) is 6. The van der Waals surface area contributed by atoms with Gasteiger partial charge in [-0.25, -0.2) is 19.4 Å². The van der Waals surface area contributed by atoms with Gasteiger partial charge >= 0.3 is 12.2 Å². The summed E-state index contributed by atoms with van der Waals surface area (Å²) in [6, 6.07) is 20.8. The number of benzene rings is 4. The smallest absolute Gasteiger partial charge is 0.416 e. The maximum absolute atomic E-state index is 13.9. The molecule has 4 atom stereocenters. The van der Waals surface area contributed by atoms with Gasteiger partial charge in [0.2, 0.25) is 0 Å². The summed E-state index contributed by atoms with van der Waals surface area (Å²) in [5, 5.41) is 23.3. The number of methoxy groups -OCH3 is 2. The molecule has 0 spiro atoms. The van der Waals surface area contributed by atoms with E-state index in [0.29, 0.717) is 67.8 Å². The number of nitrogens with zero attached hydrogens (tertiary/aromatic N) is 4. The fraction of sp³-hybridized carbons (Fsp3) is 0.429. The first-order valence-electron chi connectivity index (χ1n) is 23.4. The average molecular weight is 1030 g/mol. The molecule has 4 amide bonds. The number of anilines is 2. The molecular formula is C49H60N4O16S2. The summed E-state index contributed by atoms with van der Waals surface area (Å²) in [4.78, 5) is 61.1. The molecule has 4 aliphatic rings. The van der Waals surface area contributed by atoms with Gasteiger partial charge in [-0.15, -0.1) is 0 Å². The maximum atomic E-state index is 13.9. The van der Waals surface area contributed by atoms with Crippen molar-refractivity contribution in [2.75, 3.05) is 75.0 Å². The predicted octanol–water partition coefficient (Wildman–Crippen LogP) is 7.71. The third-order valence-corrected chi connectivity index (χ3v) is 16.5. The average Bonchev–Trinajstić information content (AvgIpc) is 4.05. The summed E-state index contributed by atoms with van der Waals surface area (Å²) >= 11 is 0. The van der Waals surface area contributed by atoms with Crippen LogP contribution in [0.2, 0.25) is 0 Å². The van der Waals surface area contributed by atoms with Gasteiger partial charge in [0.25, 0.3) is 11.8 Å². The van der Waals surface area contributed by atoms with E-state index in [1.54, 1.807) is 60.7 Å². The Morgan fingerprint density at radius 1 is 0.563 bits per heavy atom. The lowest BCUT2D eigenvalue weighted by atomic mass is 10.1. The molecule has 22 heteroatoms. The standard InChI is InChI=1S/C49H60N4O16S2/c1-64-40-28-34-38(52(46(56)36-18-12-20-50(36)44(34)54)48(58)68-24-26-70(60,61)32-14-6-3-7-15-32)30-42(40)66-22-10-5-11-23-67-43-31-39-35(29-41(43)65-2)45(55)51-21-13-19-37(51)47(57)53(39)49(59)69-25-27-71(62,63)33-16-8-4-9-17-33/h3-4,6-9,14-17,28-31,36-37,46-47,56-57,60-63H,5,10-13,18-27H2,1-2H3/t36-,37-,46-,47-/m0/s1. The molecule has 2 fully saturated rings. The molecule has 2 saturated heterocycles. The van der Waals surface area contributed by atoms with E-state index < -0.39 is 69.7 Å². The zero-order valence-electron chi connectivity index (χ0n) is 39.4. The van der Waals surface area contributed by atoms with Crippen molar-refractivity contribution in [3.8, 4) is 23.0 Å². The fourth-order valence-corrected chi connectivity index (χ4v) is 11.6. The first-order chi connectivity index (χ1) is 34.1. The van der Waals surface area contributed by atoms with Crippen molar-refractivity contribution in [2.24, 2.45) is 0 Å². The number of aliphatic hydroxyl groups is 2. The van der Waals surface area contributed by atoms with Crippen LogP contribution in [-0.4, -0.2) is 152 Å². The molecule has 0 unspecified atom stereocenters. The Kier molecular flexibility index (Phi) is 16.1. The van der Waals surface area contributed by atoms with Crippen molar-refractivity contribution in [3.63, 3.8) is 0 Å². The van der Waals surface area contributed by atoms with E-state index in [-0.39, 0.29) is 83.4 Å². The molecule has 4 aliphatic heterocycles. The van der Waals surface area contributed by atoms with Crippen LogP contribution in [0.4, 0.5) is 21.0 Å². The van der Waals surface area contributed by atoms with Crippen LogP contribution < -0.4 is 28.7 Å². The number of amides is 4. The zero-order chi connectivity index (χ0) is 50.5. The van der Waals surface area contributed by atoms with Crippen LogP contribution in [0.1, 0.15) is 65.7 Å². The minimum absolute atomic E-state index is 0.0401. The first-order valence-corrected chi connectivity index (χ1v) is 26.8. The molecule has 71 heavy (non-hydrogen) atoms. The van der Waals surface area contributed by atoms with Gasteiger partial charge in [-0.2, -0.15) is 21.2 Å². The topological polar surface area (TPSA) is 258 Å². The number of aliphatic hydroxyl groups excluding tert-OH is 2. The molecule has 4 aromatic rings. The van der Waals surface area contributed by atoms with E-state index in [1.165, 1.54) is 48.3 Å². The Bertz CT molecular complexity index is 2380. The highest BCUT2D eigenvalue weighted by atomic mass is 32.3. The molecular weight excluding hydrogens is 965 g/mol. The van der Waals surface area contributed by atoms with Crippen molar-refractivity contribution in [2.45, 2.75) is 79.3 Å². The predicted molar refractivity (Wildman–Crippen MR) is 263 cm³/mol. The Balaban J connectivity index is 0.918. The van der Waals surface area contributed by atoms with E-state index in [4.69, 9.17) is 28.4 Å². The fourth-order valence-electron chi connectivity index (χ4n) is 9.33. The van der Waals surface area contributed by atoms with Gasteiger partial charge in [0.1, 0.15) is 13.2 Å². The second-order valence-corrected chi connectivity index (χ2v) is 21.8. The Labute approximate surface area is 414 Å². The van der Waals surface area contributed by atoms with Crippen LogP contribution >= 0.6 is 21.2 Å².